The molecule has 2 aromatic carbocycles. The number of rotatable bonds is 2. The number of alkyl halides is 3. The van der Waals surface area contributed by atoms with Gasteiger partial charge in [0.1, 0.15) is 11.5 Å². The highest BCUT2D eigenvalue weighted by Crippen LogP contribution is 2.38. The minimum absolute atomic E-state index is 0.0574. The smallest absolute Gasteiger partial charge is 0.416 e. The first kappa shape index (κ1) is 14.5. The van der Waals surface area contributed by atoms with Gasteiger partial charge >= 0.3 is 6.18 Å². The van der Waals surface area contributed by atoms with Crippen LogP contribution in [0.5, 0.6) is 11.5 Å². The zero-order valence-corrected chi connectivity index (χ0v) is 11.1. The number of phenols is 1. The number of methoxy groups -OCH3 is 1. The topological polar surface area (TPSA) is 29.5 Å². The van der Waals surface area contributed by atoms with E-state index in [9.17, 15) is 18.3 Å². The van der Waals surface area contributed by atoms with Crippen LogP contribution in [0.2, 0.25) is 5.02 Å². The molecule has 2 nitrogen and oxygen atoms in total. The van der Waals surface area contributed by atoms with Crippen molar-refractivity contribution in [3.05, 3.63) is 47.0 Å². The first-order valence-electron chi connectivity index (χ1n) is 5.57. The Bertz CT molecular complexity index is 639. The van der Waals surface area contributed by atoms with Crippen LogP contribution in [0.3, 0.4) is 0 Å². The molecule has 0 atom stereocenters. The maximum Gasteiger partial charge on any atom is 0.416 e. The number of hydrogen-bond donors (Lipinski definition) is 1. The number of aromatic hydroxyl groups is 1. The summed E-state index contributed by atoms with van der Waals surface area (Å²) in [7, 11) is 1.37. The van der Waals surface area contributed by atoms with Gasteiger partial charge in [0.2, 0.25) is 0 Å². The molecule has 1 N–H and O–H groups in total. The minimum Gasteiger partial charge on any atom is -0.506 e. The van der Waals surface area contributed by atoms with Gasteiger partial charge in [-0.05, 0) is 35.9 Å². The van der Waals surface area contributed by atoms with Crippen molar-refractivity contribution in [2.45, 2.75) is 6.18 Å². The molecule has 6 heteroatoms. The van der Waals surface area contributed by atoms with Crippen LogP contribution in [0.1, 0.15) is 5.56 Å². The van der Waals surface area contributed by atoms with Gasteiger partial charge in [-0.1, -0.05) is 17.7 Å². The molecular weight excluding hydrogens is 293 g/mol. The van der Waals surface area contributed by atoms with Crippen molar-refractivity contribution in [1.82, 2.24) is 0 Å². The van der Waals surface area contributed by atoms with Crippen molar-refractivity contribution in [3.8, 4) is 22.6 Å². The minimum atomic E-state index is -4.44. The number of hydrogen-bond acceptors (Lipinski definition) is 2. The molecule has 0 amide bonds. The summed E-state index contributed by atoms with van der Waals surface area (Å²) in [6.07, 6.45) is -4.44. The Kier molecular flexibility index (Phi) is 3.81. The van der Waals surface area contributed by atoms with E-state index >= 15 is 0 Å². The lowest BCUT2D eigenvalue weighted by Crippen LogP contribution is -2.05. The molecule has 20 heavy (non-hydrogen) atoms. The first-order valence-corrected chi connectivity index (χ1v) is 5.95. The third-order valence-electron chi connectivity index (χ3n) is 2.79. The van der Waals surface area contributed by atoms with Crippen molar-refractivity contribution >= 4 is 11.6 Å². The van der Waals surface area contributed by atoms with E-state index in [4.69, 9.17) is 16.3 Å². The molecule has 0 unspecified atom stereocenters. The van der Waals surface area contributed by atoms with E-state index in [1.54, 1.807) is 0 Å². The van der Waals surface area contributed by atoms with Crippen molar-refractivity contribution in [2.75, 3.05) is 7.11 Å². The fourth-order valence-corrected chi connectivity index (χ4v) is 1.96. The van der Waals surface area contributed by atoms with Crippen molar-refractivity contribution < 1.29 is 23.0 Å². The molecule has 0 fully saturated rings. The van der Waals surface area contributed by atoms with E-state index in [0.29, 0.717) is 11.3 Å². The molecule has 0 aromatic heterocycles. The van der Waals surface area contributed by atoms with Crippen molar-refractivity contribution in [2.24, 2.45) is 0 Å². The first-order chi connectivity index (χ1) is 9.32. The highest BCUT2D eigenvalue weighted by atomic mass is 35.5. The van der Waals surface area contributed by atoms with Crippen LogP contribution >= 0.6 is 11.6 Å². The van der Waals surface area contributed by atoms with E-state index in [-0.39, 0.29) is 16.3 Å². The summed E-state index contributed by atoms with van der Waals surface area (Å²) in [5.41, 5.74) is -0.0996. The third kappa shape index (κ3) is 2.82. The Morgan fingerprint density at radius 1 is 1.10 bits per heavy atom. The second kappa shape index (κ2) is 5.25. The van der Waals surface area contributed by atoms with Gasteiger partial charge in [-0.3, -0.25) is 0 Å². The summed E-state index contributed by atoms with van der Waals surface area (Å²) < 4.78 is 43.3. The van der Waals surface area contributed by atoms with Gasteiger partial charge < -0.3 is 9.84 Å². The Balaban J connectivity index is 2.61. The molecule has 2 rings (SSSR count). The molecule has 0 aliphatic rings. The normalized spacial score (nSPS) is 11.4. The molecule has 0 radical (unpaired) electrons. The van der Waals surface area contributed by atoms with Gasteiger partial charge in [0.15, 0.2) is 0 Å². The van der Waals surface area contributed by atoms with E-state index < -0.39 is 11.7 Å². The average molecular weight is 303 g/mol. The molecule has 0 heterocycles. The second-order valence-corrected chi connectivity index (χ2v) is 4.49. The summed E-state index contributed by atoms with van der Waals surface area (Å²) >= 11 is 5.78. The van der Waals surface area contributed by atoms with Crippen LogP contribution in [-0.2, 0) is 6.18 Å². The number of halogens is 4. The van der Waals surface area contributed by atoms with Crippen LogP contribution in [-0.4, -0.2) is 12.2 Å². The van der Waals surface area contributed by atoms with Crippen LogP contribution in [0.25, 0.3) is 11.1 Å². The summed E-state index contributed by atoms with van der Waals surface area (Å²) in [5.74, 6) is 0.154. The number of benzene rings is 2. The van der Waals surface area contributed by atoms with Gasteiger partial charge in [0, 0.05) is 5.56 Å². The molecule has 0 spiro atoms. The molecule has 0 aliphatic heterocycles. The largest absolute Gasteiger partial charge is 0.506 e. The monoisotopic (exact) mass is 302 g/mol. The van der Waals surface area contributed by atoms with Gasteiger partial charge in [-0.25, -0.2) is 0 Å². The average Bonchev–Trinajstić information content (AvgIpc) is 2.40. The second-order valence-electron chi connectivity index (χ2n) is 4.08. The Hall–Kier alpha value is -1.88. The molecular formula is C14H10ClF3O2. The Morgan fingerprint density at radius 3 is 2.35 bits per heavy atom. The lowest BCUT2D eigenvalue weighted by molar-refractivity contribution is -0.137. The SMILES string of the molecule is COc1ccc(C(F)(F)F)cc1-c1ccc(O)c(Cl)c1. The molecule has 2 aromatic rings. The standard InChI is InChI=1S/C14H10ClF3O2/c1-20-13-5-3-9(14(16,17)18)7-10(13)8-2-4-12(19)11(15)6-8/h2-7,19H,1H3. The lowest BCUT2D eigenvalue weighted by atomic mass is 10.0. The van der Waals surface area contributed by atoms with Gasteiger partial charge in [0.05, 0.1) is 17.7 Å². The van der Waals surface area contributed by atoms with Crippen LogP contribution in [0, 0.1) is 0 Å². The molecule has 0 bridgehead atoms. The fraction of sp³-hybridized carbons (Fsp3) is 0.143. The zero-order valence-electron chi connectivity index (χ0n) is 10.3. The lowest BCUT2D eigenvalue weighted by Gasteiger charge is -2.13. The van der Waals surface area contributed by atoms with Crippen LogP contribution in [0.15, 0.2) is 36.4 Å². The molecule has 0 aliphatic carbocycles. The van der Waals surface area contributed by atoms with Crippen molar-refractivity contribution in [3.63, 3.8) is 0 Å². The number of phenolic OH excluding ortho intramolecular Hbond substituents is 1. The molecule has 0 saturated heterocycles. The Labute approximate surface area is 118 Å². The van der Waals surface area contributed by atoms with Gasteiger partial charge in [-0.15, -0.1) is 0 Å². The van der Waals surface area contributed by atoms with Gasteiger partial charge in [-0.2, -0.15) is 13.2 Å². The van der Waals surface area contributed by atoms with E-state index in [2.05, 4.69) is 0 Å². The zero-order chi connectivity index (χ0) is 14.9. The third-order valence-corrected chi connectivity index (χ3v) is 3.09. The highest BCUT2D eigenvalue weighted by molar-refractivity contribution is 6.32. The maximum absolute atomic E-state index is 12.8. The van der Waals surface area contributed by atoms with E-state index in [0.717, 1.165) is 12.1 Å². The predicted molar refractivity (Wildman–Crippen MR) is 70.1 cm³/mol. The summed E-state index contributed by atoms with van der Waals surface area (Å²) in [6.45, 7) is 0. The van der Waals surface area contributed by atoms with E-state index in [1.807, 2.05) is 0 Å². The predicted octanol–water partition coefficient (Wildman–Crippen LogP) is 4.74. The quantitative estimate of drug-likeness (QED) is 0.868. The molecule has 106 valence electrons. The summed E-state index contributed by atoms with van der Waals surface area (Å²) in [4.78, 5) is 0. The summed E-state index contributed by atoms with van der Waals surface area (Å²) in [6, 6.07) is 7.36. The highest BCUT2D eigenvalue weighted by Gasteiger charge is 2.31. The van der Waals surface area contributed by atoms with E-state index in [1.165, 1.54) is 31.4 Å². The van der Waals surface area contributed by atoms with Gasteiger partial charge in [0.25, 0.3) is 0 Å². The van der Waals surface area contributed by atoms with Crippen LogP contribution in [0.4, 0.5) is 13.2 Å². The Morgan fingerprint density at radius 2 is 1.80 bits per heavy atom. The summed E-state index contributed by atoms with van der Waals surface area (Å²) in [5, 5.41) is 9.42. The van der Waals surface area contributed by atoms with Crippen LogP contribution < -0.4 is 4.74 Å². The fourth-order valence-electron chi connectivity index (χ4n) is 1.78. The number of ether oxygens (including phenoxy) is 1. The maximum atomic E-state index is 12.8. The van der Waals surface area contributed by atoms with Crippen molar-refractivity contribution in [1.29, 1.82) is 0 Å². The molecule has 0 saturated carbocycles.